The summed E-state index contributed by atoms with van der Waals surface area (Å²) in [5.74, 6) is 1.41. The van der Waals surface area contributed by atoms with Gasteiger partial charge in [0.15, 0.2) is 5.96 Å². The third-order valence-electron chi connectivity index (χ3n) is 5.34. The number of morpholine rings is 1. The van der Waals surface area contributed by atoms with Crippen molar-refractivity contribution in [3.05, 3.63) is 16.1 Å². The average molecular weight is 535 g/mol. The second-order valence-corrected chi connectivity index (χ2v) is 8.46. The molecule has 1 aromatic rings. The van der Waals surface area contributed by atoms with Crippen LogP contribution in [0.4, 0.5) is 0 Å². The molecule has 0 unspecified atom stereocenters. The Kier molecular flexibility index (Phi) is 10.6. The van der Waals surface area contributed by atoms with E-state index in [-0.39, 0.29) is 29.9 Å². The molecule has 2 fully saturated rings. The zero-order chi connectivity index (χ0) is 19.8. The van der Waals surface area contributed by atoms with Gasteiger partial charge in [-0.15, -0.1) is 35.3 Å². The molecule has 0 aliphatic carbocycles. The van der Waals surface area contributed by atoms with Crippen molar-refractivity contribution in [2.24, 2.45) is 10.9 Å². The fourth-order valence-electron chi connectivity index (χ4n) is 3.69. The van der Waals surface area contributed by atoms with Gasteiger partial charge in [-0.25, -0.2) is 4.98 Å². The second kappa shape index (κ2) is 12.7. The van der Waals surface area contributed by atoms with Gasteiger partial charge in [-0.2, -0.15) is 0 Å². The number of aryl methyl sites for hydroxylation is 1. The predicted molar refractivity (Wildman–Crippen MR) is 128 cm³/mol. The zero-order valence-electron chi connectivity index (χ0n) is 17.6. The summed E-state index contributed by atoms with van der Waals surface area (Å²) in [4.78, 5) is 27.6. The lowest BCUT2D eigenvalue weighted by atomic mass is 9.95. The highest BCUT2D eigenvalue weighted by atomic mass is 127. The number of nitrogens with one attached hydrogen (secondary N) is 1. The molecule has 9 heteroatoms. The number of guanidine groups is 1. The Morgan fingerprint density at radius 2 is 1.97 bits per heavy atom. The quantitative estimate of drug-likeness (QED) is 0.344. The van der Waals surface area contributed by atoms with E-state index in [1.165, 1.54) is 4.88 Å². The van der Waals surface area contributed by atoms with Crippen molar-refractivity contribution < 1.29 is 9.53 Å². The van der Waals surface area contributed by atoms with Gasteiger partial charge in [-0.1, -0.05) is 6.92 Å². The van der Waals surface area contributed by atoms with E-state index >= 15 is 0 Å². The van der Waals surface area contributed by atoms with Crippen LogP contribution in [0, 0.1) is 5.92 Å². The van der Waals surface area contributed by atoms with Crippen molar-refractivity contribution in [1.82, 2.24) is 20.1 Å². The topological polar surface area (TPSA) is 70.1 Å². The summed E-state index contributed by atoms with van der Waals surface area (Å²) in [6.07, 6.45) is 5.69. The van der Waals surface area contributed by atoms with Crippen molar-refractivity contribution in [2.45, 2.75) is 39.5 Å². The summed E-state index contributed by atoms with van der Waals surface area (Å²) in [5.41, 5.74) is 0. The van der Waals surface area contributed by atoms with Gasteiger partial charge >= 0.3 is 0 Å². The number of piperidine rings is 1. The molecular formula is C20H34IN5O2S. The summed E-state index contributed by atoms with van der Waals surface area (Å²) in [6, 6.07) is 0. The highest BCUT2D eigenvalue weighted by Crippen LogP contribution is 2.20. The van der Waals surface area contributed by atoms with Crippen molar-refractivity contribution in [2.75, 3.05) is 52.5 Å². The van der Waals surface area contributed by atoms with Crippen LogP contribution in [0.1, 0.15) is 36.6 Å². The van der Waals surface area contributed by atoms with Crippen LogP contribution in [0.5, 0.6) is 0 Å². The lowest BCUT2D eigenvalue weighted by Crippen LogP contribution is -2.50. The van der Waals surface area contributed by atoms with Crippen LogP contribution in [0.15, 0.2) is 11.2 Å². The number of amides is 1. The second-order valence-electron chi connectivity index (χ2n) is 7.26. The van der Waals surface area contributed by atoms with Crippen LogP contribution in [0.2, 0.25) is 0 Å². The van der Waals surface area contributed by atoms with Gasteiger partial charge in [-0.05, 0) is 26.2 Å². The Labute approximate surface area is 195 Å². The third-order valence-corrected chi connectivity index (χ3v) is 6.54. The van der Waals surface area contributed by atoms with Gasteiger partial charge in [0.2, 0.25) is 5.91 Å². The Bertz CT molecular complexity index is 655. The van der Waals surface area contributed by atoms with E-state index < -0.39 is 0 Å². The first-order chi connectivity index (χ1) is 13.7. The normalized spacial score (nSPS) is 18.5. The number of rotatable bonds is 6. The van der Waals surface area contributed by atoms with Gasteiger partial charge in [-0.3, -0.25) is 9.79 Å². The highest BCUT2D eigenvalue weighted by Gasteiger charge is 2.30. The minimum absolute atomic E-state index is 0. The molecule has 0 radical (unpaired) electrons. The van der Waals surface area contributed by atoms with Crippen LogP contribution in [-0.4, -0.2) is 79.1 Å². The lowest BCUT2D eigenvalue weighted by molar-refractivity contribution is -0.140. The Balaban J connectivity index is 0.00000300. The van der Waals surface area contributed by atoms with Crippen LogP contribution in [0.25, 0.3) is 0 Å². The zero-order valence-corrected chi connectivity index (χ0v) is 20.7. The number of likely N-dealkylation sites (tertiary alicyclic amines) is 1. The smallest absolute Gasteiger partial charge is 0.225 e. The average Bonchev–Trinajstić information content (AvgIpc) is 3.21. The highest BCUT2D eigenvalue weighted by molar-refractivity contribution is 14.0. The monoisotopic (exact) mass is 535 g/mol. The van der Waals surface area contributed by atoms with E-state index in [1.54, 1.807) is 11.3 Å². The van der Waals surface area contributed by atoms with Gasteiger partial charge in [0.25, 0.3) is 0 Å². The summed E-state index contributed by atoms with van der Waals surface area (Å²) < 4.78 is 5.36. The molecule has 0 spiro atoms. The molecular weight excluding hydrogens is 501 g/mol. The number of carbonyl (C=O) groups excluding carboxylic acids is 1. The van der Waals surface area contributed by atoms with Crippen molar-refractivity contribution in [1.29, 1.82) is 0 Å². The minimum Gasteiger partial charge on any atom is -0.378 e. The molecule has 7 nitrogen and oxygen atoms in total. The first kappa shape index (κ1) is 24.3. The predicted octanol–water partition coefficient (Wildman–Crippen LogP) is 2.40. The Morgan fingerprint density at radius 3 is 2.59 bits per heavy atom. The number of aliphatic imine (C=N–C) groups is 1. The minimum atomic E-state index is 0. The van der Waals surface area contributed by atoms with Crippen molar-refractivity contribution in [3.63, 3.8) is 0 Å². The van der Waals surface area contributed by atoms with Gasteiger partial charge in [0.05, 0.1) is 18.2 Å². The standard InChI is InChI=1S/C20H33N5O2S.HI/c1-3-17-15-23-18(28-17)5-8-22-20(21-4-2)25-9-6-16(7-10-25)19(26)24-11-13-27-14-12-24;/h15-16H,3-14H2,1-2H3,(H,21,22);1H. The van der Waals surface area contributed by atoms with Crippen molar-refractivity contribution in [3.8, 4) is 0 Å². The maximum Gasteiger partial charge on any atom is 0.225 e. The molecule has 29 heavy (non-hydrogen) atoms. The lowest BCUT2D eigenvalue weighted by Gasteiger charge is -2.36. The van der Waals surface area contributed by atoms with Crippen molar-refractivity contribution >= 4 is 47.2 Å². The van der Waals surface area contributed by atoms with Gasteiger partial charge in [0, 0.05) is 62.7 Å². The molecule has 1 amide bonds. The fourth-order valence-corrected chi connectivity index (χ4v) is 4.54. The van der Waals surface area contributed by atoms with Gasteiger partial charge in [0.1, 0.15) is 0 Å². The molecule has 2 aliphatic rings. The molecule has 0 saturated carbocycles. The summed E-state index contributed by atoms with van der Waals surface area (Å²) in [6.45, 7) is 10.4. The number of aromatic nitrogens is 1. The molecule has 2 aliphatic heterocycles. The van der Waals surface area contributed by atoms with E-state index in [9.17, 15) is 4.79 Å². The number of nitrogens with zero attached hydrogens (tertiary/aromatic N) is 4. The SMILES string of the molecule is CCNC(=NCCc1ncc(CC)s1)N1CCC(C(=O)N2CCOCC2)CC1.I. The summed E-state index contributed by atoms with van der Waals surface area (Å²) >= 11 is 1.79. The summed E-state index contributed by atoms with van der Waals surface area (Å²) in [7, 11) is 0. The van der Waals surface area contributed by atoms with E-state index in [0.717, 1.165) is 75.9 Å². The number of halogens is 1. The van der Waals surface area contributed by atoms with E-state index in [1.807, 2.05) is 11.1 Å². The van der Waals surface area contributed by atoms with E-state index in [2.05, 4.69) is 29.0 Å². The van der Waals surface area contributed by atoms with E-state index in [4.69, 9.17) is 9.73 Å². The Hall–Kier alpha value is -0.940. The number of carbonyl (C=O) groups is 1. The van der Waals surface area contributed by atoms with Crippen LogP contribution >= 0.6 is 35.3 Å². The molecule has 1 aromatic heterocycles. The number of hydrogen-bond acceptors (Lipinski definition) is 5. The molecule has 0 aromatic carbocycles. The maximum atomic E-state index is 12.7. The van der Waals surface area contributed by atoms with Gasteiger partial charge < -0.3 is 19.9 Å². The molecule has 2 saturated heterocycles. The molecule has 0 atom stereocenters. The first-order valence-corrected chi connectivity index (χ1v) is 11.4. The van der Waals surface area contributed by atoms with Crippen LogP contribution < -0.4 is 5.32 Å². The molecule has 3 rings (SSSR count). The number of ether oxygens (including phenoxy) is 1. The summed E-state index contributed by atoms with van der Waals surface area (Å²) in [5, 5.41) is 4.57. The molecule has 164 valence electrons. The molecule has 1 N–H and O–H groups in total. The molecule has 0 bridgehead atoms. The third kappa shape index (κ3) is 7.06. The van der Waals surface area contributed by atoms with E-state index in [0.29, 0.717) is 19.1 Å². The first-order valence-electron chi connectivity index (χ1n) is 10.5. The maximum absolute atomic E-state index is 12.7. The number of thiazole rings is 1. The Morgan fingerprint density at radius 1 is 1.24 bits per heavy atom. The fraction of sp³-hybridized carbons (Fsp3) is 0.750. The van der Waals surface area contributed by atoms with Crippen LogP contribution in [-0.2, 0) is 22.4 Å². The molecule has 3 heterocycles. The van der Waals surface area contributed by atoms with Crippen LogP contribution in [0.3, 0.4) is 0 Å². The number of hydrogen-bond donors (Lipinski definition) is 1. The largest absolute Gasteiger partial charge is 0.378 e.